The van der Waals surface area contributed by atoms with Crippen molar-refractivity contribution in [2.45, 2.75) is 6.92 Å². The summed E-state index contributed by atoms with van der Waals surface area (Å²) in [7, 11) is 0. The Morgan fingerprint density at radius 3 is 2.16 bits per heavy atom. The number of thiazole rings is 1. The topological polar surface area (TPSA) is 68.7 Å². The number of hydrogen-bond donors (Lipinski definition) is 1. The van der Waals surface area contributed by atoms with Gasteiger partial charge in [-0.2, -0.15) is 0 Å². The molecule has 1 N–H and O–H groups in total. The predicted molar refractivity (Wildman–Crippen MR) is 96.7 cm³/mol. The fourth-order valence-corrected chi connectivity index (χ4v) is 3.16. The van der Waals surface area contributed by atoms with Crippen molar-refractivity contribution in [2.75, 3.05) is 13.2 Å². The molecule has 0 fully saturated rings. The van der Waals surface area contributed by atoms with Gasteiger partial charge in [0.05, 0.1) is 5.69 Å². The highest BCUT2D eigenvalue weighted by molar-refractivity contribution is 7.17. The maximum atomic E-state index is 11.1. The summed E-state index contributed by atoms with van der Waals surface area (Å²) < 4.78 is 11.2. The smallest absolute Gasteiger partial charge is 0.347 e. The number of carbonyl (C=O) groups is 1. The largest absolute Gasteiger partial charge is 0.490 e. The average Bonchev–Trinajstić information content (AvgIpc) is 3.02. The summed E-state index contributed by atoms with van der Waals surface area (Å²) in [6, 6.07) is 17.0. The van der Waals surface area contributed by atoms with E-state index in [2.05, 4.69) is 4.98 Å². The molecular formula is C19H17NO4S. The molecule has 25 heavy (non-hydrogen) atoms. The summed E-state index contributed by atoms with van der Waals surface area (Å²) >= 11 is 1.17. The lowest BCUT2D eigenvalue weighted by Crippen LogP contribution is -2.08. The van der Waals surface area contributed by atoms with E-state index in [4.69, 9.17) is 14.6 Å². The molecule has 0 radical (unpaired) electrons. The number of hydrogen-bond acceptors (Lipinski definition) is 5. The second-order valence-corrected chi connectivity index (χ2v) is 6.27. The predicted octanol–water partition coefficient (Wildman–Crippen LogP) is 4.27. The highest BCUT2D eigenvalue weighted by Gasteiger charge is 2.14. The Balaban J connectivity index is 1.55. The molecule has 0 spiro atoms. The quantitative estimate of drug-likeness (QED) is 0.641. The second-order valence-electron chi connectivity index (χ2n) is 5.27. The van der Waals surface area contributed by atoms with Gasteiger partial charge in [-0.25, -0.2) is 9.78 Å². The lowest BCUT2D eigenvalue weighted by molar-refractivity contribution is 0.0701. The number of aromatic nitrogens is 1. The first kappa shape index (κ1) is 17.0. The van der Waals surface area contributed by atoms with Crippen molar-refractivity contribution < 1.29 is 19.4 Å². The first-order chi connectivity index (χ1) is 12.1. The van der Waals surface area contributed by atoms with E-state index in [0.717, 1.165) is 17.1 Å². The van der Waals surface area contributed by atoms with Crippen LogP contribution >= 0.6 is 11.3 Å². The van der Waals surface area contributed by atoms with E-state index in [0.29, 0.717) is 23.9 Å². The molecule has 0 saturated carbocycles. The van der Waals surface area contributed by atoms with Gasteiger partial charge in [0.2, 0.25) is 0 Å². The Hall–Kier alpha value is -2.86. The molecule has 0 unspecified atom stereocenters. The highest BCUT2D eigenvalue weighted by Crippen LogP contribution is 2.29. The van der Waals surface area contributed by atoms with Crippen LogP contribution in [0.3, 0.4) is 0 Å². The summed E-state index contributed by atoms with van der Waals surface area (Å²) in [5.74, 6) is 0.599. The number of rotatable bonds is 7. The van der Waals surface area contributed by atoms with Gasteiger partial charge < -0.3 is 14.6 Å². The van der Waals surface area contributed by atoms with Crippen LogP contribution < -0.4 is 9.47 Å². The normalized spacial score (nSPS) is 10.4. The van der Waals surface area contributed by atoms with Gasteiger partial charge in [-0.1, -0.05) is 18.2 Å². The molecule has 1 aromatic heterocycles. The Labute approximate surface area is 149 Å². The van der Waals surface area contributed by atoms with E-state index < -0.39 is 5.97 Å². The number of carboxylic acid groups (broad SMARTS) is 1. The molecule has 0 aliphatic carbocycles. The zero-order valence-corrected chi connectivity index (χ0v) is 14.5. The summed E-state index contributed by atoms with van der Waals surface area (Å²) in [6.45, 7) is 2.60. The first-order valence-corrected chi connectivity index (χ1v) is 8.57. The Kier molecular flexibility index (Phi) is 5.30. The zero-order chi connectivity index (χ0) is 17.6. The molecule has 3 rings (SSSR count). The lowest BCUT2D eigenvalue weighted by Gasteiger charge is -2.08. The van der Waals surface area contributed by atoms with E-state index in [1.807, 2.05) is 54.6 Å². The van der Waals surface area contributed by atoms with Crippen molar-refractivity contribution in [1.82, 2.24) is 4.98 Å². The van der Waals surface area contributed by atoms with Crippen molar-refractivity contribution in [2.24, 2.45) is 0 Å². The fraction of sp³-hybridized carbons (Fsp3) is 0.158. The molecule has 128 valence electrons. The zero-order valence-electron chi connectivity index (χ0n) is 13.6. The van der Waals surface area contributed by atoms with Gasteiger partial charge >= 0.3 is 5.97 Å². The van der Waals surface area contributed by atoms with Crippen LogP contribution in [0.2, 0.25) is 0 Å². The van der Waals surface area contributed by atoms with Crippen molar-refractivity contribution in [3.8, 4) is 22.1 Å². The van der Waals surface area contributed by atoms with Gasteiger partial charge in [0.1, 0.15) is 34.6 Å². The van der Waals surface area contributed by atoms with Crippen LogP contribution in [-0.4, -0.2) is 29.3 Å². The van der Waals surface area contributed by atoms with Crippen LogP contribution in [0.25, 0.3) is 10.6 Å². The highest BCUT2D eigenvalue weighted by atomic mass is 32.1. The van der Waals surface area contributed by atoms with Crippen LogP contribution in [0.4, 0.5) is 0 Å². The number of aryl methyl sites for hydroxylation is 1. The number of nitrogens with zero attached hydrogens (tertiary/aromatic N) is 1. The maximum Gasteiger partial charge on any atom is 0.347 e. The SMILES string of the molecule is Cc1nc(-c2ccc(OCCOc3ccccc3)cc2)sc1C(=O)O. The molecule has 5 nitrogen and oxygen atoms in total. The fourth-order valence-electron chi connectivity index (χ4n) is 2.25. The first-order valence-electron chi connectivity index (χ1n) is 7.75. The summed E-state index contributed by atoms with van der Waals surface area (Å²) in [6.07, 6.45) is 0. The van der Waals surface area contributed by atoms with E-state index in [9.17, 15) is 4.79 Å². The molecule has 0 aliphatic rings. The Morgan fingerprint density at radius 1 is 1.00 bits per heavy atom. The van der Waals surface area contributed by atoms with Crippen molar-refractivity contribution in [1.29, 1.82) is 0 Å². The minimum atomic E-state index is -0.945. The van der Waals surface area contributed by atoms with Gasteiger partial charge in [-0.15, -0.1) is 11.3 Å². The van der Waals surface area contributed by atoms with Gasteiger partial charge in [-0.3, -0.25) is 0 Å². The van der Waals surface area contributed by atoms with E-state index in [1.165, 1.54) is 11.3 Å². The third-order valence-electron chi connectivity index (χ3n) is 3.46. The summed E-state index contributed by atoms with van der Waals surface area (Å²) in [4.78, 5) is 15.7. The molecule has 0 bridgehead atoms. The maximum absolute atomic E-state index is 11.1. The Bertz CT molecular complexity index is 844. The second kappa shape index (κ2) is 7.81. The Morgan fingerprint density at radius 2 is 1.60 bits per heavy atom. The number of carboxylic acids is 1. The summed E-state index contributed by atoms with van der Waals surface area (Å²) in [5, 5.41) is 9.80. The molecule has 6 heteroatoms. The van der Waals surface area contributed by atoms with Gasteiger partial charge in [0.25, 0.3) is 0 Å². The molecule has 3 aromatic rings. The van der Waals surface area contributed by atoms with Crippen LogP contribution in [0.15, 0.2) is 54.6 Å². The van der Waals surface area contributed by atoms with Crippen molar-refractivity contribution in [3.05, 3.63) is 65.2 Å². The molecule has 1 heterocycles. The van der Waals surface area contributed by atoms with Crippen LogP contribution in [-0.2, 0) is 0 Å². The molecule has 0 atom stereocenters. The van der Waals surface area contributed by atoms with Gasteiger partial charge in [0, 0.05) is 5.56 Å². The average molecular weight is 355 g/mol. The van der Waals surface area contributed by atoms with Crippen LogP contribution in [0, 0.1) is 6.92 Å². The van der Waals surface area contributed by atoms with Crippen LogP contribution in [0.5, 0.6) is 11.5 Å². The van der Waals surface area contributed by atoms with Crippen molar-refractivity contribution in [3.63, 3.8) is 0 Å². The third kappa shape index (κ3) is 4.36. The molecule has 0 amide bonds. The number of ether oxygens (including phenoxy) is 2. The number of para-hydroxylation sites is 1. The monoisotopic (exact) mass is 355 g/mol. The third-order valence-corrected chi connectivity index (χ3v) is 4.65. The standard InChI is InChI=1S/C19H17NO4S/c1-13-17(19(21)22)25-18(20-13)14-7-9-16(10-8-14)24-12-11-23-15-5-3-2-4-6-15/h2-10H,11-12H2,1H3,(H,21,22). The van der Waals surface area contributed by atoms with E-state index >= 15 is 0 Å². The minimum absolute atomic E-state index is 0.272. The molecule has 0 saturated heterocycles. The van der Waals surface area contributed by atoms with E-state index in [-0.39, 0.29) is 4.88 Å². The van der Waals surface area contributed by atoms with Crippen LogP contribution in [0.1, 0.15) is 15.4 Å². The molecule has 0 aliphatic heterocycles. The number of benzene rings is 2. The van der Waals surface area contributed by atoms with Gasteiger partial charge in [-0.05, 0) is 43.3 Å². The molecular weight excluding hydrogens is 338 g/mol. The summed E-state index contributed by atoms with van der Waals surface area (Å²) in [5.41, 5.74) is 1.40. The van der Waals surface area contributed by atoms with Gasteiger partial charge in [0.15, 0.2) is 0 Å². The van der Waals surface area contributed by atoms with Crippen molar-refractivity contribution >= 4 is 17.3 Å². The molecule has 2 aromatic carbocycles. The lowest BCUT2D eigenvalue weighted by atomic mass is 10.2. The minimum Gasteiger partial charge on any atom is -0.490 e. The number of aromatic carboxylic acids is 1. The van der Waals surface area contributed by atoms with E-state index in [1.54, 1.807) is 6.92 Å².